The number of hydrogen-bond donors (Lipinski definition) is 2. The first kappa shape index (κ1) is 14.8. The molecule has 3 N–H and O–H groups in total. The summed E-state index contributed by atoms with van der Waals surface area (Å²) in [6, 6.07) is 11.6. The SMILES string of the molecule is Cc1cccc(NC(=O)c2ccc(C#CCN)cc2F)c1. The van der Waals surface area contributed by atoms with Gasteiger partial charge in [-0.3, -0.25) is 4.79 Å². The van der Waals surface area contributed by atoms with E-state index in [1.807, 2.05) is 25.1 Å². The number of hydrogen-bond acceptors (Lipinski definition) is 2. The first-order valence-corrected chi connectivity index (χ1v) is 6.46. The van der Waals surface area contributed by atoms with Crippen LogP contribution in [-0.4, -0.2) is 12.5 Å². The number of carbonyl (C=O) groups excluding carboxylic acids is 1. The van der Waals surface area contributed by atoms with E-state index < -0.39 is 11.7 Å². The Morgan fingerprint density at radius 3 is 2.76 bits per heavy atom. The number of nitrogens with one attached hydrogen (secondary N) is 1. The van der Waals surface area contributed by atoms with Gasteiger partial charge < -0.3 is 11.1 Å². The van der Waals surface area contributed by atoms with Crippen molar-refractivity contribution in [1.82, 2.24) is 0 Å². The van der Waals surface area contributed by atoms with Crippen LogP contribution >= 0.6 is 0 Å². The van der Waals surface area contributed by atoms with Crippen LogP contribution in [0.4, 0.5) is 10.1 Å². The average Bonchev–Trinajstić information content (AvgIpc) is 2.45. The summed E-state index contributed by atoms with van der Waals surface area (Å²) in [5, 5.41) is 2.67. The van der Waals surface area contributed by atoms with Crippen molar-refractivity contribution in [2.75, 3.05) is 11.9 Å². The molecule has 2 aromatic rings. The molecule has 21 heavy (non-hydrogen) atoms. The Hall–Kier alpha value is -2.64. The molecule has 1 amide bonds. The number of aryl methyl sites for hydroxylation is 1. The van der Waals surface area contributed by atoms with Gasteiger partial charge in [-0.05, 0) is 42.8 Å². The third-order valence-electron chi connectivity index (χ3n) is 2.82. The zero-order valence-electron chi connectivity index (χ0n) is 11.6. The molecule has 0 radical (unpaired) electrons. The lowest BCUT2D eigenvalue weighted by Gasteiger charge is -2.07. The molecule has 0 saturated heterocycles. The fraction of sp³-hybridized carbons (Fsp3) is 0.118. The molecule has 0 heterocycles. The molecule has 0 aliphatic rings. The molecule has 0 aliphatic carbocycles. The van der Waals surface area contributed by atoms with E-state index in [9.17, 15) is 9.18 Å². The molecule has 2 rings (SSSR count). The van der Waals surface area contributed by atoms with Crippen LogP contribution in [0.15, 0.2) is 42.5 Å². The second-order valence-corrected chi connectivity index (χ2v) is 4.52. The smallest absolute Gasteiger partial charge is 0.258 e. The van der Waals surface area contributed by atoms with Crippen LogP contribution in [0.2, 0.25) is 0 Å². The highest BCUT2D eigenvalue weighted by Gasteiger charge is 2.12. The maximum atomic E-state index is 13.9. The van der Waals surface area contributed by atoms with Crippen molar-refractivity contribution < 1.29 is 9.18 Å². The van der Waals surface area contributed by atoms with Crippen molar-refractivity contribution in [3.05, 3.63) is 65.0 Å². The maximum Gasteiger partial charge on any atom is 0.258 e. The van der Waals surface area contributed by atoms with Gasteiger partial charge >= 0.3 is 0 Å². The van der Waals surface area contributed by atoms with Crippen LogP contribution in [0.1, 0.15) is 21.5 Å². The largest absolute Gasteiger partial charge is 0.322 e. The van der Waals surface area contributed by atoms with Gasteiger partial charge in [0, 0.05) is 11.3 Å². The Labute approximate surface area is 123 Å². The highest BCUT2D eigenvalue weighted by molar-refractivity contribution is 6.04. The molecule has 2 aromatic carbocycles. The maximum absolute atomic E-state index is 13.9. The number of anilines is 1. The molecule has 0 spiro atoms. The van der Waals surface area contributed by atoms with Crippen LogP contribution in [0.3, 0.4) is 0 Å². The summed E-state index contributed by atoms with van der Waals surface area (Å²) < 4.78 is 13.9. The lowest BCUT2D eigenvalue weighted by molar-refractivity contribution is 0.102. The lowest BCUT2D eigenvalue weighted by Crippen LogP contribution is -2.13. The predicted molar refractivity (Wildman–Crippen MR) is 81.5 cm³/mol. The van der Waals surface area contributed by atoms with Crippen molar-refractivity contribution in [3.8, 4) is 11.8 Å². The topological polar surface area (TPSA) is 55.1 Å². The summed E-state index contributed by atoms with van der Waals surface area (Å²) in [5.74, 6) is 4.26. The minimum atomic E-state index is -0.607. The molecule has 0 atom stereocenters. The van der Waals surface area contributed by atoms with Crippen LogP contribution in [0, 0.1) is 24.6 Å². The summed E-state index contributed by atoms with van der Waals surface area (Å²) in [6.45, 7) is 2.12. The average molecular weight is 282 g/mol. The van der Waals surface area contributed by atoms with Crippen LogP contribution in [-0.2, 0) is 0 Å². The molecule has 0 saturated carbocycles. The summed E-state index contributed by atoms with van der Waals surface area (Å²) in [5.41, 5.74) is 7.38. The van der Waals surface area contributed by atoms with Gasteiger partial charge in [0.1, 0.15) is 5.82 Å². The van der Waals surface area contributed by atoms with Gasteiger partial charge in [0.2, 0.25) is 0 Å². The van der Waals surface area contributed by atoms with E-state index in [1.54, 1.807) is 12.1 Å². The Kier molecular flexibility index (Phi) is 4.70. The van der Waals surface area contributed by atoms with Gasteiger partial charge in [0.05, 0.1) is 12.1 Å². The van der Waals surface area contributed by atoms with Crippen molar-refractivity contribution in [1.29, 1.82) is 0 Å². The summed E-state index contributed by atoms with van der Waals surface area (Å²) >= 11 is 0. The normalized spacial score (nSPS) is 9.67. The Morgan fingerprint density at radius 1 is 1.29 bits per heavy atom. The molecule has 106 valence electrons. The quantitative estimate of drug-likeness (QED) is 0.832. The van der Waals surface area contributed by atoms with E-state index in [-0.39, 0.29) is 12.1 Å². The molecular weight excluding hydrogens is 267 g/mol. The van der Waals surface area contributed by atoms with Crippen molar-refractivity contribution in [2.45, 2.75) is 6.92 Å². The van der Waals surface area contributed by atoms with E-state index >= 15 is 0 Å². The van der Waals surface area contributed by atoms with Crippen LogP contribution in [0.25, 0.3) is 0 Å². The second kappa shape index (κ2) is 6.69. The summed E-state index contributed by atoms with van der Waals surface area (Å²) in [4.78, 5) is 12.1. The molecule has 0 fully saturated rings. The minimum Gasteiger partial charge on any atom is -0.322 e. The zero-order valence-corrected chi connectivity index (χ0v) is 11.6. The third-order valence-corrected chi connectivity index (χ3v) is 2.82. The Balaban J connectivity index is 2.20. The molecule has 4 heteroatoms. The van der Waals surface area contributed by atoms with Crippen molar-refractivity contribution >= 4 is 11.6 Å². The highest BCUT2D eigenvalue weighted by atomic mass is 19.1. The first-order chi connectivity index (χ1) is 10.1. The Bertz CT molecular complexity index is 729. The van der Waals surface area contributed by atoms with Gasteiger partial charge in [0.25, 0.3) is 5.91 Å². The van der Waals surface area contributed by atoms with E-state index in [4.69, 9.17) is 5.73 Å². The third kappa shape index (κ3) is 3.91. The lowest BCUT2D eigenvalue weighted by atomic mass is 10.1. The number of amides is 1. The van der Waals surface area contributed by atoms with Gasteiger partial charge in [-0.15, -0.1) is 0 Å². The van der Waals surface area contributed by atoms with E-state index in [2.05, 4.69) is 17.2 Å². The molecule has 3 nitrogen and oxygen atoms in total. The number of benzene rings is 2. The molecule has 0 unspecified atom stereocenters. The van der Waals surface area contributed by atoms with Crippen molar-refractivity contribution in [3.63, 3.8) is 0 Å². The predicted octanol–water partition coefficient (Wildman–Crippen LogP) is 2.70. The fourth-order valence-electron chi connectivity index (χ4n) is 1.85. The highest BCUT2D eigenvalue weighted by Crippen LogP contribution is 2.14. The number of carbonyl (C=O) groups is 1. The van der Waals surface area contributed by atoms with E-state index in [1.165, 1.54) is 12.1 Å². The van der Waals surface area contributed by atoms with Gasteiger partial charge in [-0.2, -0.15) is 0 Å². The van der Waals surface area contributed by atoms with Gasteiger partial charge in [-0.25, -0.2) is 4.39 Å². The first-order valence-electron chi connectivity index (χ1n) is 6.46. The van der Waals surface area contributed by atoms with Crippen LogP contribution < -0.4 is 11.1 Å². The molecule has 0 aromatic heterocycles. The molecule has 0 aliphatic heterocycles. The molecule has 0 bridgehead atoms. The number of nitrogens with two attached hydrogens (primary N) is 1. The van der Waals surface area contributed by atoms with E-state index in [0.717, 1.165) is 5.56 Å². The second-order valence-electron chi connectivity index (χ2n) is 4.52. The number of halogens is 1. The minimum absolute atomic E-state index is 0.0187. The van der Waals surface area contributed by atoms with Crippen LogP contribution in [0.5, 0.6) is 0 Å². The van der Waals surface area contributed by atoms with Gasteiger partial charge in [-0.1, -0.05) is 24.0 Å². The monoisotopic (exact) mass is 282 g/mol. The Morgan fingerprint density at radius 2 is 2.10 bits per heavy atom. The summed E-state index contributed by atoms with van der Waals surface area (Å²) in [7, 11) is 0. The fourth-order valence-corrected chi connectivity index (χ4v) is 1.85. The molecular formula is C17H15FN2O. The standard InChI is InChI=1S/C17H15FN2O/c1-12-4-2-6-14(10-12)20-17(21)15-8-7-13(5-3-9-19)11-16(15)18/h2,4,6-8,10-11H,9,19H2,1H3,(H,20,21). The van der Waals surface area contributed by atoms with Gasteiger partial charge in [0.15, 0.2) is 0 Å². The number of rotatable bonds is 2. The van der Waals surface area contributed by atoms with E-state index in [0.29, 0.717) is 11.3 Å². The summed E-state index contributed by atoms with van der Waals surface area (Å²) in [6.07, 6.45) is 0. The zero-order chi connectivity index (χ0) is 15.2. The van der Waals surface area contributed by atoms with Crippen molar-refractivity contribution in [2.24, 2.45) is 5.73 Å².